The smallest absolute Gasteiger partial charge is 0.258 e. The molecule has 0 spiro atoms. The van der Waals surface area contributed by atoms with Crippen molar-refractivity contribution in [3.05, 3.63) is 57.6 Å². The van der Waals surface area contributed by atoms with Crippen molar-refractivity contribution in [1.82, 2.24) is 0 Å². The van der Waals surface area contributed by atoms with Gasteiger partial charge in [-0.2, -0.15) is 0 Å². The number of carbonyl (C=O) groups excluding carboxylic acids is 1. The van der Waals surface area contributed by atoms with E-state index in [4.69, 9.17) is 28.9 Å². The average Bonchev–Trinajstić information content (AvgIpc) is 2.36. The van der Waals surface area contributed by atoms with Crippen molar-refractivity contribution in [3.63, 3.8) is 0 Å². The van der Waals surface area contributed by atoms with E-state index in [9.17, 15) is 13.6 Å². The van der Waals surface area contributed by atoms with Gasteiger partial charge in [-0.3, -0.25) is 4.79 Å². The van der Waals surface area contributed by atoms with E-state index in [0.717, 1.165) is 18.2 Å². The molecule has 0 radical (unpaired) electrons. The molecule has 0 aromatic heterocycles. The molecule has 0 fully saturated rings. The molecule has 0 aliphatic heterocycles. The van der Waals surface area contributed by atoms with E-state index in [0.29, 0.717) is 0 Å². The van der Waals surface area contributed by atoms with Gasteiger partial charge in [-0.05, 0) is 30.3 Å². The summed E-state index contributed by atoms with van der Waals surface area (Å²) in [6.45, 7) is 0. The first-order valence-electron chi connectivity index (χ1n) is 5.39. The molecule has 0 atom stereocenters. The lowest BCUT2D eigenvalue weighted by molar-refractivity contribution is 0.102. The number of nitrogen functional groups attached to an aromatic ring is 1. The second-order valence-electron chi connectivity index (χ2n) is 3.94. The molecule has 1 amide bonds. The van der Waals surface area contributed by atoms with Crippen LogP contribution in [0.3, 0.4) is 0 Å². The van der Waals surface area contributed by atoms with Crippen molar-refractivity contribution in [2.75, 3.05) is 11.1 Å². The molecular weight excluding hydrogens is 309 g/mol. The molecule has 0 aliphatic carbocycles. The van der Waals surface area contributed by atoms with Gasteiger partial charge in [0.2, 0.25) is 0 Å². The number of nitrogens with one attached hydrogen (secondary N) is 1. The van der Waals surface area contributed by atoms with Crippen molar-refractivity contribution in [2.24, 2.45) is 0 Å². The van der Waals surface area contributed by atoms with Crippen LogP contribution in [-0.2, 0) is 0 Å². The predicted octanol–water partition coefficient (Wildman–Crippen LogP) is 4.11. The van der Waals surface area contributed by atoms with Crippen molar-refractivity contribution < 1.29 is 13.6 Å². The summed E-state index contributed by atoms with van der Waals surface area (Å²) in [5.74, 6) is -2.18. The SMILES string of the molecule is Nc1ccc(F)c(C(=O)Nc2c(Cl)cc(F)cc2Cl)c1. The first-order valence-corrected chi connectivity index (χ1v) is 6.15. The highest BCUT2D eigenvalue weighted by molar-refractivity contribution is 6.40. The van der Waals surface area contributed by atoms with Gasteiger partial charge in [-0.15, -0.1) is 0 Å². The monoisotopic (exact) mass is 316 g/mol. The van der Waals surface area contributed by atoms with Crippen molar-refractivity contribution in [3.8, 4) is 0 Å². The molecule has 2 aromatic carbocycles. The first kappa shape index (κ1) is 14.6. The maximum atomic E-state index is 13.5. The lowest BCUT2D eigenvalue weighted by Gasteiger charge is -2.10. The topological polar surface area (TPSA) is 55.1 Å². The summed E-state index contributed by atoms with van der Waals surface area (Å²) in [5, 5.41) is 2.14. The quantitative estimate of drug-likeness (QED) is 0.819. The minimum Gasteiger partial charge on any atom is -0.399 e. The number of hydrogen-bond donors (Lipinski definition) is 2. The maximum absolute atomic E-state index is 13.5. The minimum atomic E-state index is -0.787. The lowest BCUT2D eigenvalue weighted by atomic mass is 10.1. The summed E-state index contributed by atoms with van der Waals surface area (Å²) < 4.78 is 26.6. The fraction of sp³-hybridized carbons (Fsp3) is 0. The van der Waals surface area contributed by atoms with E-state index in [1.165, 1.54) is 12.1 Å². The highest BCUT2D eigenvalue weighted by Crippen LogP contribution is 2.31. The maximum Gasteiger partial charge on any atom is 0.258 e. The van der Waals surface area contributed by atoms with Gasteiger partial charge in [0.05, 0.1) is 21.3 Å². The van der Waals surface area contributed by atoms with Crippen LogP contribution < -0.4 is 11.1 Å². The number of halogens is 4. The molecule has 0 saturated carbocycles. The highest BCUT2D eigenvalue weighted by Gasteiger charge is 2.16. The van der Waals surface area contributed by atoms with Gasteiger partial charge in [0, 0.05) is 5.69 Å². The predicted molar refractivity (Wildman–Crippen MR) is 75.2 cm³/mol. The van der Waals surface area contributed by atoms with E-state index in [1.54, 1.807) is 0 Å². The Labute approximate surface area is 123 Å². The van der Waals surface area contributed by atoms with Crippen LogP contribution in [0.5, 0.6) is 0 Å². The Kier molecular flexibility index (Phi) is 4.11. The van der Waals surface area contributed by atoms with E-state index < -0.39 is 17.5 Å². The van der Waals surface area contributed by atoms with E-state index >= 15 is 0 Å². The van der Waals surface area contributed by atoms with Crippen LogP contribution >= 0.6 is 23.2 Å². The molecule has 0 saturated heterocycles. The van der Waals surface area contributed by atoms with Crippen LogP contribution in [0.25, 0.3) is 0 Å². The molecule has 0 heterocycles. The molecule has 2 aromatic rings. The van der Waals surface area contributed by atoms with E-state index in [1.807, 2.05) is 0 Å². The van der Waals surface area contributed by atoms with Gasteiger partial charge >= 0.3 is 0 Å². The molecular formula is C13H8Cl2F2N2O. The third-order valence-corrected chi connectivity index (χ3v) is 3.08. The summed E-state index contributed by atoms with van der Waals surface area (Å²) in [6, 6.07) is 5.54. The fourth-order valence-corrected chi connectivity index (χ4v) is 2.11. The minimum absolute atomic E-state index is 0.00144. The third kappa shape index (κ3) is 3.00. The molecule has 7 heteroatoms. The number of hydrogen-bond acceptors (Lipinski definition) is 2. The third-order valence-electron chi connectivity index (χ3n) is 2.48. The Morgan fingerprint density at radius 3 is 2.30 bits per heavy atom. The van der Waals surface area contributed by atoms with Gasteiger partial charge < -0.3 is 11.1 Å². The van der Waals surface area contributed by atoms with Crippen LogP contribution in [0.2, 0.25) is 10.0 Å². The second kappa shape index (κ2) is 5.64. The van der Waals surface area contributed by atoms with Gasteiger partial charge in [0.15, 0.2) is 0 Å². The summed E-state index contributed by atoms with van der Waals surface area (Å²) in [5.41, 5.74) is 5.46. The summed E-state index contributed by atoms with van der Waals surface area (Å²) in [6.07, 6.45) is 0. The molecule has 104 valence electrons. The largest absolute Gasteiger partial charge is 0.399 e. The van der Waals surface area contributed by atoms with Crippen LogP contribution in [0.1, 0.15) is 10.4 Å². The number of benzene rings is 2. The number of rotatable bonds is 2. The second-order valence-corrected chi connectivity index (χ2v) is 4.75. The lowest BCUT2D eigenvalue weighted by Crippen LogP contribution is -2.15. The number of carbonyl (C=O) groups is 1. The van der Waals surface area contributed by atoms with Crippen molar-refractivity contribution >= 4 is 40.5 Å². The molecule has 3 N–H and O–H groups in total. The standard InChI is InChI=1S/C13H8Cl2F2N2O/c14-9-3-6(16)4-10(15)12(9)19-13(20)8-5-7(18)1-2-11(8)17/h1-5H,18H2,(H,19,20). The fourth-order valence-electron chi connectivity index (χ4n) is 1.56. The molecule has 0 bridgehead atoms. The van der Waals surface area contributed by atoms with Crippen molar-refractivity contribution in [1.29, 1.82) is 0 Å². The van der Waals surface area contributed by atoms with Crippen LogP contribution in [0.15, 0.2) is 30.3 Å². The van der Waals surface area contributed by atoms with Crippen LogP contribution in [-0.4, -0.2) is 5.91 Å². The average molecular weight is 317 g/mol. The molecule has 0 unspecified atom stereocenters. The van der Waals surface area contributed by atoms with Crippen molar-refractivity contribution in [2.45, 2.75) is 0 Å². The number of nitrogens with two attached hydrogens (primary N) is 1. The Morgan fingerprint density at radius 2 is 1.70 bits per heavy atom. The Bertz CT molecular complexity index is 669. The normalized spacial score (nSPS) is 10.4. The highest BCUT2D eigenvalue weighted by atomic mass is 35.5. The molecule has 20 heavy (non-hydrogen) atoms. The summed E-state index contributed by atoms with van der Waals surface area (Å²) in [7, 11) is 0. The van der Waals surface area contributed by atoms with Gasteiger partial charge in [-0.1, -0.05) is 23.2 Å². The van der Waals surface area contributed by atoms with Gasteiger partial charge in [-0.25, -0.2) is 8.78 Å². The summed E-state index contributed by atoms with van der Waals surface area (Å²) in [4.78, 5) is 12.0. The summed E-state index contributed by atoms with van der Waals surface area (Å²) >= 11 is 11.6. The van der Waals surface area contributed by atoms with Gasteiger partial charge in [0.25, 0.3) is 5.91 Å². The zero-order valence-electron chi connectivity index (χ0n) is 9.88. The van der Waals surface area contributed by atoms with Gasteiger partial charge in [0.1, 0.15) is 11.6 Å². The Hall–Kier alpha value is -1.85. The molecule has 2 rings (SSSR count). The number of anilines is 2. The van der Waals surface area contributed by atoms with E-state index in [-0.39, 0.29) is 27.0 Å². The molecule has 0 aliphatic rings. The molecule has 3 nitrogen and oxygen atoms in total. The zero-order valence-corrected chi connectivity index (χ0v) is 11.4. The van der Waals surface area contributed by atoms with E-state index in [2.05, 4.69) is 5.32 Å². The Balaban J connectivity index is 2.35. The van der Waals surface area contributed by atoms with Crippen LogP contribution in [0.4, 0.5) is 20.2 Å². The van der Waals surface area contributed by atoms with Crippen LogP contribution in [0, 0.1) is 11.6 Å². The zero-order chi connectivity index (χ0) is 14.9. The first-order chi connectivity index (χ1) is 9.38. The number of amides is 1. The Morgan fingerprint density at radius 1 is 1.10 bits per heavy atom.